The van der Waals surface area contributed by atoms with Gasteiger partial charge in [-0.3, -0.25) is 0 Å². The van der Waals surface area contributed by atoms with E-state index >= 15 is 0 Å². The van der Waals surface area contributed by atoms with Crippen molar-refractivity contribution in [1.82, 2.24) is 4.98 Å². The smallest absolute Gasteiger partial charge is 0.343 e. The van der Waals surface area contributed by atoms with Gasteiger partial charge in [0.2, 0.25) is 5.88 Å². The van der Waals surface area contributed by atoms with Gasteiger partial charge in [0.05, 0.1) is 7.11 Å². The van der Waals surface area contributed by atoms with Crippen LogP contribution in [0, 0.1) is 0 Å². The number of carbonyl (C=O) groups excluding carboxylic acids is 1. The lowest BCUT2D eigenvalue weighted by Crippen LogP contribution is -2.44. The zero-order valence-electron chi connectivity index (χ0n) is 11.1. The second-order valence-electron chi connectivity index (χ2n) is 4.21. The quantitative estimate of drug-likeness (QED) is 0.781. The first-order valence-electron chi connectivity index (χ1n) is 6.01. The number of ether oxygens (including phenoxy) is 2. The zero-order valence-corrected chi connectivity index (χ0v) is 11.1. The van der Waals surface area contributed by atoms with Crippen LogP contribution in [0.3, 0.4) is 0 Å². The average molecular weight is 252 g/mol. The van der Waals surface area contributed by atoms with Gasteiger partial charge in [0.1, 0.15) is 12.2 Å². The van der Waals surface area contributed by atoms with Crippen LogP contribution in [0.4, 0.5) is 0 Å². The number of nitrogens with two attached hydrogens (primary N) is 1. The highest BCUT2D eigenvalue weighted by molar-refractivity contribution is 5.91. The molecule has 0 aliphatic carbocycles. The summed E-state index contributed by atoms with van der Waals surface area (Å²) in [6, 6.07) is 3.28. The highest BCUT2D eigenvalue weighted by atomic mass is 16.5. The van der Waals surface area contributed by atoms with Gasteiger partial charge in [0.25, 0.3) is 0 Å². The largest absolute Gasteiger partial charge is 0.475 e. The van der Waals surface area contributed by atoms with Crippen LogP contribution in [0.1, 0.15) is 37.0 Å². The minimum absolute atomic E-state index is 0.265. The number of esters is 1. The fourth-order valence-electron chi connectivity index (χ4n) is 1.44. The fourth-order valence-corrected chi connectivity index (χ4v) is 1.44. The maximum atomic E-state index is 11.5. The molecule has 0 radical (unpaired) electrons. The van der Waals surface area contributed by atoms with E-state index in [0.717, 1.165) is 12.8 Å². The Bertz CT molecular complexity index is 403. The summed E-state index contributed by atoms with van der Waals surface area (Å²) in [4.78, 5) is 15.6. The molecule has 1 aromatic heterocycles. The van der Waals surface area contributed by atoms with Gasteiger partial charge in [-0.05, 0) is 25.0 Å². The van der Waals surface area contributed by atoms with Gasteiger partial charge in [-0.15, -0.1) is 0 Å². The van der Waals surface area contributed by atoms with Crippen molar-refractivity contribution in [3.63, 3.8) is 0 Å². The Labute approximate surface area is 107 Å². The molecule has 0 saturated heterocycles. The number of pyridine rings is 1. The maximum Gasteiger partial charge on any atom is 0.343 e. The summed E-state index contributed by atoms with van der Waals surface area (Å²) in [7, 11) is 1.32. The van der Waals surface area contributed by atoms with Crippen LogP contribution < -0.4 is 10.5 Å². The molecular formula is C13H20N2O3. The number of hydrogen-bond acceptors (Lipinski definition) is 5. The highest BCUT2D eigenvalue weighted by Gasteiger charge is 2.23. The second-order valence-corrected chi connectivity index (χ2v) is 4.21. The monoisotopic (exact) mass is 252 g/mol. The number of hydrogen-bond donors (Lipinski definition) is 1. The topological polar surface area (TPSA) is 74.4 Å². The van der Waals surface area contributed by atoms with Crippen LogP contribution >= 0.6 is 0 Å². The molecule has 0 spiro atoms. The number of carbonyl (C=O) groups is 1. The van der Waals surface area contributed by atoms with E-state index in [4.69, 9.17) is 10.5 Å². The lowest BCUT2D eigenvalue weighted by Gasteiger charge is -2.26. The molecule has 0 atom stereocenters. The standard InChI is InChI=1S/C13H20N2O3/c1-4-13(14,5-2)9-18-11-10(12(16)17-3)7-6-8-15-11/h6-8H,4-5,9,14H2,1-3H3. The normalized spacial score (nSPS) is 11.1. The number of nitrogens with zero attached hydrogens (tertiary/aromatic N) is 1. The summed E-state index contributed by atoms with van der Waals surface area (Å²) < 4.78 is 10.2. The van der Waals surface area contributed by atoms with E-state index in [1.807, 2.05) is 13.8 Å². The van der Waals surface area contributed by atoms with Crippen molar-refractivity contribution < 1.29 is 14.3 Å². The van der Waals surface area contributed by atoms with Crippen LogP contribution in [-0.4, -0.2) is 30.2 Å². The summed E-state index contributed by atoms with van der Waals surface area (Å²) in [5.41, 5.74) is 6.05. The molecule has 5 nitrogen and oxygen atoms in total. The second kappa shape index (κ2) is 6.35. The fraction of sp³-hybridized carbons (Fsp3) is 0.538. The summed E-state index contributed by atoms with van der Waals surface area (Å²) in [5, 5.41) is 0. The van der Waals surface area contributed by atoms with Gasteiger partial charge >= 0.3 is 5.97 Å². The third-order valence-electron chi connectivity index (χ3n) is 3.08. The summed E-state index contributed by atoms with van der Waals surface area (Å²) in [6.45, 7) is 4.33. The van der Waals surface area contributed by atoms with E-state index < -0.39 is 11.5 Å². The van der Waals surface area contributed by atoms with Crippen LogP contribution in [0.5, 0.6) is 5.88 Å². The van der Waals surface area contributed by atoms with Crippen molar-refractivity contribution >= 4 is 5.97 Å². The van der Waals surface area contributed by atoms with Crippen molar-refractivity contribution in [3.8, 4) is 5.88 Å². The van der Waals surface area contributed by atoms with Gasteiger partial charge in [0, 0.05) is 11.7 Å². The molecule has 1 heterocycles. The lowest BCUT2D eigenvalue weighted by atomic mass is 9.96. The molecule has 0 unspecified atom stereocenters. The van der Waals surface area contributed by atoms with Crippen LogP contribution in [0.25, 0.3) is 0 Å². The van der Waals surface area contributed by atoms with E-state index in [9.17, 15) is 4.79 Å². The van der Waals surface area contributed by atoms with Crippen molar-refractivity contribution in [2.24, 2.45) is 5.73 Å². The Balaban J connectivity index is 2.82. The molecule has 0 bridgehead atoms. The molecular weight excluding hydrogens is 232 g/mol. The third kappa shape index (κ3) is 3.43. The van der Waals surface area contributed by atoms with Gasteiger partial charge in [-0.25, -0.2) is 9.78 Å². The Morgan fingerprint density at radius 1 is 1.44 bits per heavy atom. The number of methoxy groups -OCH3 is 1. The maximum absolute atomic E-state index is 11.5. The summed E-state index contributed by atoms with van der Waals surface area (Å²) in [6.07, 6.45) is 3.16. The first-order chi connectivity index (χ1) is 8.56. The molecule has 18 heavy (non-hydrogen) atoms. The van der Waals surface area contributed by atoms with Gasteiger partial charge in [-0.2, -0.15) is 0 Å². The minimum Gasteiger partial charge on any atom is -0.475 e. The van der Waals surface area contributed by atoms with Gasteiger partial charge < -0.3 is 15.2 Å². The van der Waals surface area contributed by atoms with Gasteiger partial charge in [0.15, 0.2) is 0 Å². The Hall–Kier alpha value is -1.62. The lowest BCUT2D eigenvalue weighted by molar-refractivity contribution is 0.0593. The Morgan fingerprint density at radius 2 is 2.11 bits per heavy atom. The van der Waals surface area contributed by atoms with Crippen molar-refractivity contribution in [1.29, 1.82) is 0 Å². The molecule has 0 fully saturated rings. The first-order valence-corrected chi connectivity index (χ1v) is 6.01. The number of rotatable bonds is 6. The SMILES string of the molecule is CCC(N)(CC)COc1ncccc1C(=O)OC. The Kier molecular flexibility index (Phi) is 5.09. The number of aromatic nitrogens is 1. The van der Waals surface area contributed by atoms with Crippen LogP contribution in [-0.2, 0) is 4.74 Å². The van der Waals surface area contributed by atoms with E-state index in [0.29, 0.717) is 12.2 Å². The Morgan fingerprint density at radius 3 is 2.67 bits per heavy atom. The van der Waals surface area contributed by atoms with E-state index in [1.54, 1.807) is 18.3 Å². The molecule has 5 heteroatoms. The third-order valence-corrected chi connectivity index (χ3v) is 3.08. The van der Waals surface area contributed by atoms with Crippen molar-refractivity contribution in [2.75, 3.05) is 13.7 Å². The minimum atomic E-state index is -0.464. The average Bonchev–Trinajstić information content (AvgIpc) is 2.44. The summed E-state index contributed by atoms with van der Waals surface area (Å²) >= 11 is 0. The van der Waals surface area contributed by atoms with Crippen molar-refractivity contribution in [2.45, 2.75) is 32.2 Å². The zero-order chi connectivity index (χ0) is 13.6. The van der Waals surface area contributed by atoms with Crippen LogP contribution in [0.2, 0.25) is 0 Å². The van der Waals surface area contributed by atoms with E-state index in [1.165, 1.54) is 7.11 Å². The molecule has 2 N–H and O–H groups in total. The van der Waals surface area contributed by atoms with Gasteiger partial charge in [-0.1, -0.05) is 13.8 Å². The molecule has 1 aromatic rings. The molecule has 0 aromatic carbocycles. The molecule has 1 rings (SSSR count). The molecule has 0 aliphatic heterocycles. The molecule has 0 amide bonds. The van der Waals surface area contributed by atoms with Crippen molar-refractivity contribution in [3.05, 3.63) is 23.9 Å². The molecule has 0 aliphatic rings. The first kappa shape index (κ1) is 14.4. The predicted molar refractivity (Wildman–Crippen MR) is 68.6 cm³/mol. The predicted octanol–water partition coefficient (Wildman–Crippen LogP) is 1.76. The molecule has 0 saturated carbocycles. The van der Waals surface area contributed by atoms with E-state index in [-0.39, 0.29) is 5.88 Å². The van der Waals surface area contributed by atoms with Crippen LogP contribution in [0.15, 0.2) is 18.3 Å². The highest BCUT2D eigenvalue weighted by Crippen LogP contribution is 2.18. The molecule has 100 valence electrons. The summed E-state index contributed by atoms with van der Waals surface area (Å²) in [5.74, 6) is -0.199. The van der Waals surface area contributed by atoms with E-state index in [2.05, 4.69) is 9.72 Å².